The molecule has 0 radical (unpaired) electrons. The van der Waals surface area contributed by atoms with Crippen molar-refractivity contribution < 1.29 is 23.1 Å². The van der Waals surface area contributed by atoms with Gasteiger partial charge >= 0.3 is 6.18 Å². The van der Waals surface area contributed by atoms with Crippen LogP contribution in [0.4, 0.5) is 13.2 Å². The first-order chi connectivity index (χ1) is 9.22. The summed E-state index contributed by atoms with van der Waals surface area (Å²) in [5.41, 5.74) is 1.07. The van der Waals surface area contributed by atoms with Gasteiger partial charge < -0.3 is 5.11 Å². The highest BCUT2D eigenvalue weighted by atomic mass is 19.4. The van der Waals surface area contributed by atoms with Gasteiger partial charge in [0.15, 0.2) is 0 Å². The van der Waals surface area contributed by atoms with Crippen LogP contribution in [0.1, 0.15) is 37.8 Å². The summed E-state index contributed by atoms with van der Waals surface area (Å²) in [6.45, 7) is 6.16. The van der Waals surface area contributed by atoms with Crippen molar-refractivity contribution in [3.05, 3.63) is 41.5 Å². The van der Waals surface area contributed by atoms with E-state index in [1.165, 1.54) is 25.0 Å². The quantitative estimate of drug-likeness (QED) is 0.639. The lowest BCUT2D eigenvalue weighted by molar-refractivity contribution is -0.165. The summed E-state index contributed by atoms with van der Waals surface area (Å²) in [7, 11) is 0. The van der Waals surface area contributed by atoms with Gasteiger partial charge in [-0.05, 0) is 6.92 Å². The molecular weight excluding hydrogens is 269 g/mol. The van der Waals surface area contributed by atoms with Gasteiger partial charge in [-0.25, -0.2) is 0 Å². The van der Waals surface area contributed by atoms with Gasteiger partial charge in [-0.2, -0.15) is 13.2 Å². The SMILES string of the molecule is CCCC.Cc1ccc(/C(O)=C/C(=O)C(F)(F)F)cc1. The summed E-state index contributed by atoms with van der Waals surface area (Å²) in [6, 6.07) is 6.12. The average molecular weight is 288 g/mol. The molecule has 0 aromatic heterocycles. The first-order valence-corrected chi connectivity index (χ1v) is 6.31. The maximum Gasteiger partial charge on any atom is 0.454 e. The molecule has 0 amide bonds. The number of aliphatic hydroxyl groups excluding tert-OH is 1. The summed E-state index contributed by atoms with van der Waals surface area (Å²) in [6.07, 6.45) is -2.15. The molecule has 0 aliphatic carbocycles. The van der Waals surface area contributed by atoms with Crippen LogP contribution in [-0.2, 0) is 4.79 Å². The number of carbonyl (C=O) groups is 1. The minimum atomic E-state index is -4.96. The number of alkyl halides is 3. The lowest BCUT2D eigenvalue weighted by Crippen LogP contribution is -2.20. The van der Waals surface area contributed by atoms with Crippen LogP contribution < -0.4 is 0 Å². The fourth-order valence-corrected chi connectivity index (χ4v) is 1.01. The van der Waals surface area contributed by atoms with Gasteiger partial charge in [0, 0.05) is 11.6 Å². The predicted octanol–water partition coefficient (Wildman–Crippen LogP) is 4.83. The van der Waals surface area contributed by atoms with Crippen molar-refractivity contribution in [1.82, 2.24) is 0 Å². The second-order valence-corrected chi connectivity index (χ2v) is 4.26. The lowest BCUT2D eigenvalue weighted by Gasteiger charge is -2.03. The third kappa shape index (κ3) is 6.97. The van der Waals surface area contributed by atoms with E-state index in [-0.39, 0.29) is 11.6 Å². The van der Waals surface area contributed by atoms with E-state index in [4.69, 9.17) is 0 Å². The van der Waals surface area contributed by atoms with Gasteiger partial charge in [-0.1, -0.05) is 56.5 Å². The molecule has 1 aromatic rings. The fraction of sp³-hybridized carbons (Fsp3) is 0.400. The molecule has 2 nitrogen and oxygen atoms in total. The molecule has 1 N–H and O–H groups in total. The minimum Gasteiger partial charge on any atom is -0.507 e. The summed E-state index contributed by atoms with van der Waals surface area (Å²) >= 11 is 0. The Morgan fingerprint density at radius 2 is 1.60 bits per heavy atom. The Hall–Kier alpha value is -1.78. The molecule has 0 fully saturated rings. The zero-order valence-electron chi connectivity index (χ0n) is 11.8. The van der Waals surface area contributed by atoms with Crippen molar-refractivity contribution in [2.45, 2.75) is 39.8 Å². The molecule has 0 heterocycles. The van der Waals surface area contributed by atoms with Crippen LogP contribution in [0.5, 0.6) is 0 Å². The molecule has 0 aliphatic heterocycles. The number of benzene rings is 1. The van der Waals surface area contributed by atoms with Crippen LogP contribution in [0.25, 0.3) is 5.76 Å². The van der Waals surface area contributed by atoms with Crippen molar-refractivity contribution in [1.29, 1.82) is 0 Å². The first-order valence-electron chi connectivity index (χ1n) is 6.31. The Morgan fingerprint density at radius 3 is 1.95 bits per heavy atom. The molecule has 0 spiro atoms. The molecule has 0 saturated heterocycles. The minimum absolute atomic E-state index is 0.170. The normalized spacial score (nSPS) is 11.6. The number of unbranched alkanes of at least 4 members (excludes halogenated alkanes) is 1. The van der Waals surface area contributed by atoms with Gasteiger partial charge in [-0.15, -0.1) is 0 Å². The zero-order chi connectivity index (χ0) is 15.8. The summed E-state index contributed by atoms with van der Waals surface area (Å²) < 4.78 is 35.7. The number of hydrogen-bond acceptors (Lipinski definition) is 2. The van der Waals surface area contributed by atoms with Gasteiger partial charge in [-0.3, -0.25) is 4.79 Å². The van der Waals surface area contributed by atoms with Crippen LogP contribution in [0.3, 0.4) is 0 Å². The molecule has 112 valence electrons. The highest BCUT2D eigenvalue weighted by Crippen LogP contribution is 2.19. The standard InChI is InChI=1S/C11H9F3O2.C4H10/c1-7-2-4-8(5-3-7)9(15)6-10(16)11(12,13)14;1-3-4-2/h2-6,15H,1H3;3-4H2,1-2H3/b9-6-;. The van der Waals surface area contributed by atoms with E-state index < -0.39 is 17.7 Å². The van der Waals surface area contributed by atoms with Crippen LogP contribution in [0, 0.1) is 6.92 Å². The Morgan fingerprint density at radius 1 is 1.15 bits per heavy atom. The molecule has 1 rings (SSSR count). The molecular formula is C15H19F3O2. The fourth-order valence-electron chi connectivity index (χ4n) is 1.01. The smallest absolute Gasteiger partial charge is 0.454 e. The van der Waals surface area contributed by atoms with Gasteiger partial charge in [0.05, 0.1) is 0 Å². The molecule has 0 bridgehead atoms. The largest absolute Gasteiger partial charge is 0.507 e. The van der Waals surface area contributed by atoms with Gasteiger partial charge in [0.1, 0.15) is 5.76 Å². The van der Waals surface area contributed by atoms with Gasteiger partial charge in [0.25, 0.3) is 5.78 Å². The third-order valence-corrected chi connectivity index (χ3v) is 2.39. The molecule has 1 aromatic carbocycles. The van der Waals surface area contributed by atoms with Crippen molar-refractivity contribution in [2.75, 3.05) is 0 Å². The topological polar surface area (TPSA) is 37.3 Å². The number of hydrogen-bond donors (Lipinski definition) is 1. The van der Waals surface area contributed by atoms with Crippen LogP contribution in [0.2, 0.25) is 0 Å². The number of halogens is 3. The van der Waals surface area contributed by atoms with E-state index in [2.05, 4.69) is 13.8 Å². The maximum atomic E-state index is 11.9. The van der Waals surface area contributed by atoms with E-state index in [0.717, 1.165) is 5.56 Å². The molecule has 0 aliphatic rings. The number of carbonyl (C=O) groups excluding carboxylic acids is 1. The number of aliphatic hydroxyl groups is 1. The van der Waals surface area contributed by atoms with E-state index in [0.29, 0.717) is 0 Å². The third-order valence-electron chi connectivity index (χ3n) is 2.39. The number of aryl methyl sites for hydroxylation is 1. The highest BCUT2D eigenvalue weighted by molar-refractivity contribution is 5.99. The average Bonchev–Trinajstić information content (AvgIpc) is 2.38. The monoisotopic (exact) mass is 288 g/mol. The van der Waals surface area contributed by atoms with E-state index in [9.17, 15) is 23.1 Å². The second kappa shape index (κ2) is 8.40. The predicted molar refractivity (Wildman–Crippen MR) is 73.4 cm³/mol. The van der Waals surface area contributed by atoms with E-state index in [1.54, 1.807) is 19.1 Å². The van der Waals surface area contributed by atoms with Crippen LogP contribution in [-0.4, -0.2) is 17.1 Å². The van der Waals surface area contributed by atoms with Crippen LogP contribution >= 0.6 is 0 Å². The van der Waals surface area contributed by atoms with E-state index in [1.807, 2.05) is 0 Å². The Kier molecular flexibility index (Phi) is 7.65. The van der Waals surface area contributed by atoms with Crippen molar-refractivity contribution in [2.24, 2.45) is 0 Å². The zero-order valence-corrected chi connectivity index (χ0v) is 11.8. The Labute approximate surface area is 116 Å². The van der Waals surface area contributed by atoms with Crippen LogP contribution in [0.15, 0.2) is 30.3 Å². The lowest BCUT2D eigenvalue weighted by atomic mass is 10.1. The number of rotatable bonds is 3. The summed E-state index contributed by atoms with van der Waals surface area (Å²) in [4.78, 5) is 10.6. The molecule has 5 heteroatoms. The van der Waals surface area contributed by atoms with Crippen molar-refractivity contribution in [3.63, 3.8) is 0 Å². The van der Waals surface area contributed by atoms with Crippen molar-refractivity contribution in [3.8, 4) is 0 Å². The first kappa shape index (κ1) is 18.2. The Balaban J connectivity index is 0.000000796. The molecule has 20 heavy (non-hydrogen) atoms. The Bertz CT molecular complexity index is 443. The van der Waals surface area contributed by atoms with Gasteiger partial charge in [0.2, 0.25) is 0 Å². The molecule has 0 unspecified atom stereocenters. The maximum absolute atomic E-state index is 11.9. The van der Waals surface area contributed by atoms with E-state index >= 15 is 0 Å². The molecule has 0 saturated carbocycles. The summed E-state index contributed by atoms with van der Waals surface area (Å²) in [5.74, 6) is -2.77. The summed E-state index contributed by atoms with van der Waals surface area (Å²) in [5, 5.41) is 9.29. The van der Waals surface area contributed by atoms with Crippen molar-refractivity contribution >= 4 is 11.5 Å². The second-order valence-electron chi connectivity index (χ2n) is 4.26. The number of allylic oxidation sites excluding steroid dienone is 1. The highest BCUT2D eigenvalue weighted by Gasteiger charge is 2.36. The molecule has 0 atom stereocenters. The number of ketones is 1.